The zero-order chi connectivity index (χ0) is 24.6. The number of rotatable bonds is 5. The number of carbonyl (C=O) groups is 2. The highest BCUT2D eigenvalue weighted by Crippen LogP contribution is 2.24. The molecule has 2 N–H and O–H groups in total. The van der Waals surface area contributed by atoms with E-state index < -0.39 is 5.97 Å². The molecule has 3 aromatic rings. The minimum atomic E-state index is -0.879. The molecular formula is C27H32N4O4. The van der Waals surface area contributed by atoms with Crippen molar-refractivity contribution in [1.82, 2.24) is 19.8 Å². The van der Waals surface area contributed by atoms with Gasteiger partial charge in [-0.2, -0.15) is 0 Å². The van der Waals surface area contributed by atoms with Gasteiger partial charge in [-0.25, -0.2) is 4.98 Å². The van der Waals surface area contributed by atoms with Crippen molar-refractivity contribution in [3.8, 4) is 11.6 Å². The van der Waals surface area contributed by atoms with E-state index in [1.165, 1.54) is 0 Å². The first kappa shape index (κ1) is 24.5. The molecule has 0 aliphatic carbocycles. The molecule has 0 fully saturated rings. The van der Waals surface area contributed by atoms with Gasteiger partial charge in [-0.3, -0.25) is 14.5 Å². The molecule has 0 saturated carbocycles. The average Bonchev–Trinajstić information content (AvgIpc) is 3.27. The number of carboxylic acid groups (broad SMARTS) is 1. The molecule has 0 spiro atoms. The SMILES string of the molecule is Cc1ccnc(-n2cccc2CN2CC(=O)NCCCCCOc3ccc(CC(=O)O)cc3C2)c1. The molecule has 0 atom stereocenters. The first-order chi connectivity index (χ1) is 17.0. The summed E-state index contributed by atoms with van der Waals surface area (Å²) in [6, 6.07) is 13.5. The standard InChI is InChI=1S/C27H32N4O4/c1-20-9-11-28-25(14-20)31-12-5-6-23(31)18-30-17-22-15-21(16-27(33)34)7-8-24(22)35-13-4-2-3-10-29-26(32)19-30/h5-9,11-12,14-15H,2-4,10,13,16-19H2,1H3,(H,29,32)(H,33,34). The van der Waals surface area contributed by atoms with Crippen molar-refractivity contribution < 1.29 is 19.4 Å². The zero-order valence-corrected chi connectivity index (χ0v) is 20.1. The van der Waals surface area contributed by atoms with Crippen LogP contribution in [0.5, 0.6) is 5.75 Å². The number of hydrogen-bond acceptors (Lipinski definition) is 5. The molecule has 0 unspecified atom stereocenters. The van der Waals surface area contributed by atoms with E-state index in [0.717, 1.165) is 47.7 Å². The first-order valence-electron chi connectivity index (χ1n) is 12.0. The van der Waals surface area contributed by atoms with Crippen LogP contribution in [0.25, 0.3) is 5.82 Å². The monoisotopic (exact) mass is 476 g/mol. The van der Waals surface area contributed by atoms with Crippen molar-refractivity contribution in [2.75, 3.05) is 19.7 Å². The van der Waals surface area contributed by atoms with Crippen LogP contribution in [0.4, 0.5) is 0 Å². The highest BCUT2D eigenvalue weighted by molar-refractivity contribution is 5.78. The number of nitrogens with one attached hydrogen (secondary N) is 1. The largest absolute Gasteiger partial charge is 0.493 e. The Kier molecular flexibility index (Phi) is 8.15. The van der Waals surface area contributed by atoms with Crippen molar-refractivity contribution in [1.29, 1.82) is 0 Å². The second-order valence-corrected chi connectivity index (χ2v) is 8.98. The van der Waals surface area contributed by atoms with E-state index in [9.17, 15) is 14.7 Å². The van der Waals surface area contributed by atoms with E-state index in [2.05, 4.69) is 15.2 Å². The van der Waals surface area contributed by atoms with Gasteiger partial charge in [0, 0.05) is 43.3 Å². The molecule has 0 radical (unpaired) electrons. The lowest BCUT2D eigenvalue weighted by Crippen LogP contribution is -2.37. The third kappa shape index (κ3) is 6.93. The predicted octanol–water partition coefficient (Wildman–Crippen LogP) is 3.49. The van der Waals surface area contributed by atoms with Crippen molar-refractivity contribution in [3.05, 3.63) is 77.2 Å². The number of pyridine rings is 1. The van der Waals surface area contributed by atoms with E-state index in [-0.39, 0.29) is 18.9 Å². The summed E-state index contributed by atoms with van der Waals surface area (Å²) in [6.07, 6.45) is 6.47. The third-order valence-corrected chi connectivity index (χ3v) is 6.01. The Morgan fingerprint density at radius 1 is 1.14 bits per heavy atom. The fourth-order valence-corrected chi connectivity index (χ4v) is 4.31. The number of hydrogen-bond donors (Lipinski definition) is 2. The van der Waals surface area contributed by atoms with Gasteiger partial charge in [-0.1, -0.05) is 12.1 Å². The summed E-state index contributed by atoms with van der Waals surface area (Å²) in [5.41, 5.74) is 3.71. The molecular weight excluding hydrogens is 444 g/mol. The van der Waals surface area contributed by atoms with Crippen molar-refractivity contribution in [2.24, 2.45) is 0 Å². The number of carbonyl (C=O) groups excluding carboxylic acids is 1. The number of amides is 1. The number of aromatic nitrogens is 2. The van der Waals surface area contributed by atoms with Crippen LogP contribution in [0.3, 0.4) is 0 Å². The number of aryl methyl sites for hydroxylation is 1. The Bertz CT molecular complexity index is 1170. The molecule has 2 aromatic heterocycles. The second kappa shape index (κ2) is 11.7. The number of aliphatic carboxylic acids is 1. The lowest BCUT2D eigenvalue weighted by Gasteiger charge is -2.24. The Morgan fingerprint density at radius 3 is 2.86 bits per heavy atom. The summed E-state index contributed by atoms with van der Waals surface area (Å²) in [5.74, 6) is 0.655. The Hall–Kier alpha value is -3.65. The van der Waals surface area contributed by atoms with Gasteiger partial charge in [0.2, 0.25) is 5.91 Å². The van der Waals surface area contributed by atoms with Crippen molar-refractivity contribution in [3.63, 3.8) is 0 Å². The van der Waals surface area contributed by atoms with Gasteiger partial charge in [0.1, 0.15) is 11.6 Å². The fourth-order valence-electron chi connectivity index (χ4n) is 4.31. The quantitative estimate of drug-likeness (QED) is 0.585. The van der Waals surface area contributed by atoms with Gasteiger partial charge in [-0.15, -0.1) is 0 Å². The lowest BCUT2D eigenvalue weighted by molar-refractivity contribution is -0.136. The van der Waals surface area contributed by atoms with Gasteiger partial charge in [0.15, 0.2) is 0 Å². The van der Waals surface area contributed by atoms with E-state index in [0.29, 0.717) is 31.8 Å². The average molecular weight is 477 g/mol. The summed E-state index contributed by atoms with van der Waals surface area (Å²) in [5, 5.41) is 12.3. The summed E-state index contributed by atoms with van der Waals surface area (Å²) >= 11 is 0. The highest BCUT2D eigenvalue weighted by Gasteiger charge is 2.18. The number of fused-ring (bicyclic) bond motifs is 1. The number of ether oxygens (including phenoxy) is 1. The smallest absolute Gasteiger partial charge is 0.307 e. The van der Waals surface area contributed by atoms with Crippen molar-refractivity contribution >= 4 is 11.9 Å². The van der Waals surface area contributed by atoms with Crippen LogP contribution in [0.15, 0.2) is 54.9 Å². The van der Waals surface area contributed by atoms with Gasteiger partial charge >= 0.3 is 5.97 Å². The summed E-state index contributed by atoms with van der Waals surface area (Å²) in [7, 11) is 0. The zero-order valence-electron chi connectivity index (χ0n) is 20.1. The Morgan fingerprint density at radius 2 is 2.03 bits per heavy atom. The third-order valence-electron chi connectivity index (χ3n) is 6.01. The minimum Gasteiger partial charge on any atom is -0.493 e. The van der Waals surface area contributed by atoms with Crippen LogP contribution >= 0.6 is 0 Å². The molecule has 1 aliphatic rings. The molecule has 1 aliphatic heterocycles. The molecule has 184 valence electrons. The minimum absolute atomic E-state index is 0.0276. The molecule has 8 nitrogen and oxygen atoms in total. The summed E-state index contributed by atoms with van der Waals surface area (Å²) in [4.78, 5) is 30.6. The van der Waals surface area contributed by atoms with Crippen LogP contribution in [0.2, 0.25) is 0 Å². The summed E-state index contributed by atoms with van der Waals surface area (Å²) in [6.45, 7) is 4.44. The van der Waals surface area contributed by atoms with Crippen molar-refractivity contribution in [2.45, 2.75) is 45.7 Å². The maximum absolute atomic E-state index is 12.8. The Balaban J connectivity index is 1.64. The number of nitrogens with zero attached hydrogens (tertiary/aromatic N) is 3. The predicted molar refractivity (Wildman–Crippen MR) is 133 cm³/mol. The van der Waals surface area contributed by atoms with Crippen LogP contribution in [0, 0.1) is 6.92 Å². The van der Waals surface area contributed by atoms with E-state index in [1.54, 1.807) is 12.3 Å². The molecule has 8 heteroatoms. The molecule has 0 bridgehead atoms. The molecule has 0 saturated heterocycles. The first-order valence-corrected chi connectivity index (χ1v) is 12.0. The van der Waals surface area contributed by atoms with E-state index in [1.807, 2.05) is 54.1 Å². The summed E-state index contributed by atoms with van der Waals surface area (Å²) < 4.78 is 8.12. The Labute approximate surface area is 205 Å². The maximum Gasteiger partial charge on any atom is 0.307 e. The molecule has 1 amide bonds. The van der Waals surface area contributed by atoms with Gasteiger partial charge in [0.05, 0.1) is 19.6 Å². The molecule has 3 heterocycles. The van der Waals surface area contributed by atoms with E-state index in [4.69, 9.17) is 4.74 Å². The van der Waals surface area contributed by atoms with Gasteiger partial charge < -0.3 is 19.7 Å². The van der Waals surface area contributed by atoms with Crippen LogP contribution in [-0.2, 0) is 29.1 Å². The van der Waals surface area contributed by atoms with Crippen LogP contribution in [0.1, 0.15) is 41.6 Å². The fraction of sp³-hybridized carbons (Fsp3) is 0.370. The number of benzene rings is 1. The molecule has 1 aromatic carbocycles. The molecule has 35 heavy (non-hydrogen) atoms. The van der Waals surface area contributed by atoms with Crippen LogP contribution < -0.4 is 10.1 Å². The maximum atomic E-state index is 12.8. The topological polar surface area (TPSA) is 96.7 Å². The van der Waals surface area contributed by atoms with Crippen LogP contribution in [-0.4, -0.2) is 51.1 Å². The second-order valence-electron chi connectivity index (χ2n) is 8.98. The van der Waals surface area contributed by atoms with E-state index >= 15 is 0 Å². The lowest BCUT2D eigenvalue weighted by atomic mass is 10.1. The highest BCUT2D eigenvalue weighted by atomic mass is 16.5. The normalized spacial score (nSPS) is 15.6. The van der Waals surface area contributed by atoms with Gasteiger partial charge in [-0.05, 0) is 67.6 Å². The van der Waals surface area contributed by atoms with Gasteiger partial charge in [0.25, 0.3) is 0 Å². The number of carboxylic acids is 1. The molecule has 4 rings (SSSR count).